The molecular formula is C11H14N2O. The monoisotopic (exact) mass is 190 g/mol. The Morgan fingerprint density at radius 1 is 1.43 bits per heavy atom. The smallest absolute Gasteiger partial charge is 0.213 e. The van der Waals surface area contributed by atoms with Crippen LogP contribution in [0.15, 0.2) is 12.1 Å². The average Bonchev–Trinajstić information content (AvgIpc) is 2.61. The maximum Gasteiger partial charge on any atom is 0.213 e. The van der Waals surface area contributed by atoms with Crippen LogP contribution in [0, 0.1) is 0 Å². The minimum atomic E-state index is 0.544. The van der Waals surface area contributed by atoms with Gasteiger partial charge in [0.15, 0.2) is 0 Å². The quantitative estimate of drug-likeness (QED) is 0.727. The third-order valence-electron chi connectivity index (χ3n) is 3.25. The van der Waals surface area contributed by atoms with Crippen LogP contribution in [0.4, 0.5) is 0 Å². The highest BCUT2D eigenvalue weighted by atomic mass is 16.5. The highest BCUT2D eigenvalue weighted by Crippen LogP contribution is 2.35. The van der Waals surface area contributed by atoms with Gasteiger partial charge in [0.1, 0.15) is 0 Å². The Balaban J connectivity index is 2.05. The van der Waals surface area contributed by atoms with Gasteiger partial charge in [-0.25, -0.2) is 4.98 Å². The van der Waals surface area contributed by atoms with E-state index in [2.05, 4.69) is 16.4 Å². The van der Waals surface area contributed by atoms with Gasteiger partial charge in [-0.15, -0.1) is 0 Å². The standard InChI is InChI=1S/C11H14N2O/c1-14-11-5-3-8-9-4-2-7(12-9)6-10(8)13-11/h3,5,7,9,12H,2,4,6H2,1H3. The molecule has 1 aromatic heterocycles. The van der Waals surface area contributed by atoms with Gasteiger partial charge in [0.25, 0.3) is 0 Å². The molecule has 0 saturated carbocycles. The second kappa shape index (κ2) is 2.95. The lowest BCUT2D eigenvalue weighted by Crippen LogP contribution is -2.32. The van der Waals surface area contributed by atoms with Gasteiger partial charge in [0, 0.05) is 24.6 Å². The maximum atomic E-state index is 5.14. The molecule has 0 aromatic carbocycles. The van der Waals surface area contributed by atoms with Gasteiger partial charge < -0.3 is 10.1 Å². The molecule has 1 aromatic rings. The third kappa shape index (κ3) is 1.12. The van der Waals surface area contributed by atoms with Crippen molar-refractivity contribution in [3.05, 3.63) is 23.4 Å². The fourth-order valence-electron chi connectivity index (χ4n) is 2.55. The molecule has 1 N–H and O–H groups in total. The van der Waals surface area contributed by atoms with Gasteiger partial charge in [0.2, 0.25) is 5.88 Å². The molecule has 2 aliphatic rings. The molecule has 1 fully saturated rings. The van der Waals surface area contributed by atoms with Crippen LogP contribution in [0.2, 0.25) is 0 Å². The molecule has 14 heavy (non-hydrogen) atoms. The molecule has 3 heterocycles. The maximum absolute atomic E-state index is 5.14. The van der Waals surface area contributed by atoms with Gasteiger partial charge in [-0.1, -0.05) is 6.07 Å². The number of nitrogens with zero attached hydrogens (tertiary/aromatic N) is 1. The fraction of sp³-hybridized carbons (Fsp3) is 0.545. The lowest BCUT2D eigenvalue weighted by molar-refractivity contribution is 0.392. The van der Waals surface area contributed by atoms with Crippen LogP contribution in [-0.4, -0.2) is 18.1 Å². The van der Waals surface area contributed by atoms with E-state index in [1.54, 1.807) is 7.11 Å². The van der Waals surface area contributed by atoms with Crippen LogP contribution >= 0.6 is 0 Å². The molecule has 1 saturated heterocycles. The van der Waals surface area contributed by atoms with Crippen molar-refractivity contribution in [2.45, 2.75) is 31.3 Å². The van der Waals surface area contributed by atoms with Gasteiger partial charge in [0.05, 0.1) is 12.8 Å². The minimum absolute atomic E-state index is 0.544. The summed E-state index contributed by atoms with van der Waals surface area (Å²) in [4.78, 5) is 4.51. The average molecular weight is 190 g/mol. The molecule has 3 heteroatoms. The number of ether oxygens (including phenoxy) is 1. The van der Waals surface area contributed by atoms with E-state index < -0.39 is 0 Å². The van der Waals surface area contributed by atoms with E-state index in [-0.39, 0.29) is 0 Å². The first-order valence-electron chi connectivity index (χ1n) is 5.16. The zero-order valence-corrected chi connectivity index (χ0v) is 8.29. The lowest BCUT2D eigenvalue weighted by Gasteiger charge is -2.23. The number of rotatable bonds is 1. The summed E-state index contributed by atoms with van der Waals surface area (Å²) in [5, 5.41) is 3.60. The van der Waals surface area contributed by atoms with Crippen molar-refractivity contribution in [2.24, 2.45) is 0 Å². The summed E-state index contributed by atoms with van der Waals surface area (Å²) in [5.41, 5.74) is 2.61. The van der Waals surface area contributed by atoms with Crippen LogP contribution in [0.1, 0.15) is 30.1 Å². The SMILES string of the molecule is COc1ccc2c(n1)CC1CCC2N1. The van der Waals surface area contributed by atoms with Crippen molar-refractivity contribution in [1.82, 2.24) is 10.3 Å². The molecule has 2 aliphatic heterocycles. The molecule has 2 atom stereocenters. The Bertz CT molecular complexity index is 364. The molecule has 3 nitrogen and oxygen atoms in total. The van der Waals surface area contributed by atoms with Crippen LogP contribution < -0.4 is 10.1 Å². The van der Waals surface area contributed by atoms with Crippen LogP contribution in [0.3, 0.4) is 0 Å². The predicted molar refractivity (Wildman–Crippen MR) is 53.4 cm³/mol. The first-order chi connectivity index (χ1) is 6.86. The summed E-state index contributed by atoms with van der Waals surface area (Å²) in [6.45, 7) is 0. The normalized spacial score (nSPS) is 28.6. The summed E-state index contributed by atoms with van der Waals surface area (Å²) in [7, 11) is 1.67. The molecule has 3 rings (SSSR count). The van der Waals surface area contributed by atoms with Gasteiger partial charge in [-0.05, 0) is 18.4 Å². The first-order valence-corrected chi connectivity index (χ1v) is 5.16. The Morgan fingerprint density at radius 2 is 2.36 bits per heavy atom. The number of pyridine rings is 1. The summed E-state index contributed by atoms with van der Waals surface area (Å²) in [6, 6.07) is 5.30. The molecular weight excluding hydrogens is 176 g/mol. The Labute approximate surface area is 83.5 Å². The molecule has 0 spiro atoms. The van der Waals surface area contributed by atoms with Gasteiger partial charge >= 0.3 is 0 Å². The van der Waals surface area contributed by atoms with E-state index in [1.807, 2.05) is 6.07 Å². The van der Waals surface area contributed by atoms with Crippen LogP contribution in [0.25, 0.3) is 0 Å². The molecule has 74 valence electrons. The second-order valence-corrected chi connectivity index (χ2v) is 4.09. The van der Waals surface area contributed by atoms with Crippen LogP contribution in [-0.2, 0) is 6.42 Å². The minimum Gasteiger partial charge on any atom is -0.481 e. The zero-order valence-electron chi connectivity index (χ0n) is 8.29. The van der Waals surface area contributed by atoms with E-state index in [1.165, 1.54) is 24.1 Å². The number of aromatic nitrogens is 1. The number of methoxy groups -OCH3 is 1. The van der Waals surface area contributed by atoms with E-state index in [4.69, 9.17) is 4.74 Å². The molecule has 0 aliphatic carbocycles. The molecule has 2 unspecified atom stereocenters. The first kappa shape index (κ1) is 8.24. The predicted octanol–water partition coefficient (Wildman–Crippen LogP) is 1.44. The number of hydrogen-bond acceptors (Lipinski definition) is 3. The van der Waals surface area contributed by atoms with E-state index in [0.717, 1.165) is 12.3 Å². The number of nitrogens with one attached hydrogen (secondary N) is 1. The van der Waals surface area contributed by atoms with Crippen LogP contribution in [0.5, 0.6) is 5.88 Å². The van der Waals surface area contributed by atoms with Crippen molar-refractivity contribution < 1.29 is 4.74 Å². The Kier molecular flexibility index (Phi) is 1.74. The number of hydrogen-bond donors (Lipinski definition) is 1. The van der Waals surface area contributed by atoms with Crippen molar-refractivity contribution >= 4 is 0 Å². The summed E-state index contributed by atoms with van der Waals surface area (Å²) in [6.07, 6.45) is 3.60. The lowest BCUT2D eigenvalue weighted by atomic mass is 10.0. The van der Waals surface area contributed by atoms with E-state index in [9.17, 15) is 0 Å². The fourth-order valence-corrected chi connectivity index (χ4v) is 2.55. The highest BCUT2D eigenvalue weighted by Gasteiger charge is 2.32. The Hall–Kier alpha value is -1.09. The van der Waals surface area contributed by atoms with Gasteiger partial charge in [-0.2, -0.15) is 0 Å². The van der Waals surface area contributed by atoms with Crippen molar-refractivity contribution in [2.75, 3.05) is 7.11 Å². The van der Waals surface area contributed by atoms with Crippen molar-refractivity contribution in [3.8, 4) is 5.88 Å². The summed E-state index contributed by atoms with van der Waals surface area (Å²) < 4.78 is 5.14. The topological polar surface area (TPSA) is 34.1 Å². The molecule has 0 radical (unpaired) electrons. The van der Waals surface area contributed by atoms with Gasteiger partial charge in [-0.3, -0.25) is 0 Å². The second-order valence-electron chi connectivity index (χ2n) is 4.09. The summed E-state index contributed by atoms with van der Waals surface area (Å²) >= 11 is 0. The highest BCUT2D eigenvalue weighted by molar-refractivity contribution is 5.33. The van der Waals surface area contributed by atoms with E-state index >= 15 is 0 Å². The number of fused-ring (bicyclic) bond motifs is 4. The molecule has 0 amide bonds. The van der Waals surface area contributed by atoms with Crippen molar-refractivity contribution in [1.29, 1.82) is 0 Å². The zero-order chi connectivity index (χ0) is 9.54. The largest absolute Gasteiger partial charge is 0.481 e. The Morgan fingerprint density at radius 3 is 3.21 bits per heavy atom. The summed E-state index contributed by atoms with van der Waals surface area (Å²) in [5.74, 6) is 0.741. The van der Waals surface area contributed by atoms with E-state index in [0.29, 0.717) is 12.1 Å². The third-order valence-corrected chi connectivity index (χ3v) is 3.25. The molecule has 2 bridgehead atoms. The van der Waals surface area contributed by atoms with Crippen molar-refractivity contribution in [3.63, 3.8) is 0 Å².